The first-order chi connectivity index (χ1) is 18.8. The van der Waals surface area contributed by atoms with E-state index in [1.54, 1.807) is 17.5 Å². The number of piperidine rings is 1. The highest BCUT2D eigenvalue weighted by molar-refractivity contribution is 7.17. The van der Waals surface area contributed by atoms with Gasteiger partial charge in [0.1, 0.15) is 11.9 Å². The zero-order valence-electron chi connectivity index (χ0n) is 21.2. The number of amides is 3. The fourth-order valence-corrected chi connectivity index (χ4v) is 5.73. The van der Waals surface area contributed by atoms with Gasteiger partial charge in [-0.05, 0) is 24.3 Å². The second-order valence-corrected chi connectivity index (χ2v) is 10.5. The van der Waals surface area contributed by atoms with Crippen molar-refractivity contribution >= 4 is 50.7 Å². The molecule has 3 heterocycles. The zero-order chi connectivity index (χ0) is 27.6. The van der Waals surface area contributed by atoms with Crippen molar-refractivity contribution in [3.8, 4) is 0 Å². The molecule has 10 nitrogen and oxygen atoms in total. The van der Waals surface area contributed by atoms with Crippen molar-refractivity contribution in [3.05, 3.63) is 70.6 Å². The van der Waals surface area contributed by atoms with E-state index in [1.807, 2.05) is 29.2 Å². The van der Waals surface area contributed by atoms with Crippen LogP contribution in [0.4, 0.5) is 20.6 Å². The summed E-state index contributed by atoms with van der Waals surface area (Å²) in [6.07, 6.45) is -0.377. The fraction of sp³-hybridized carbons (Fsp3) is 0.333. The maximum Gasteiger partial charge on any atom is 0.414 e. The van der Waals surface area contributed by atoms with E-state index in [9.17, 15) is 14.4 Å². The van der Waals surface area contributed by atoms with Crippen LogP contribution in [0.15, 0.2) is 47.8 Å². The van der Waals surface area contributed by atoms with Gasteiger partial charge in [0.25, 0.3) is 5.91 Å². The van der Waals surface area contributed by atoms with Gasteiger partial charge in [0.05, 0.1) is 42.9 Å². The van der Waals surface area contributed by atoms with Crippen molar-refractivity contribution in [2.24, 2.45) is 0 Å². The Labute approximate surface area is 228 Å². The van der Waals surface area contributed by atoms with Crippen molar-refractivity contribution in [3.63, 3.8) is 0 Å². The predicted octanol–water partition coefficient (Wildman–Crippen LogP) is 3.65. The second-order valence-electron chi connectivity index (χ2n) is 9.54. The predicted molar refractivity (Wildman–Crippen MR) is 146 cm³/mol. The molecule has 202 valence electrons. The van der Waals surface area contributed by atoms with Crippen LogP contribution in [0.25, 0.3) is 14.9 Å². The molecule has 0 bridgehead atoms. The number of rotatable bonds is 7. The van der Waals surface area contributed by atoms with E-state index in [4.69, 9.17) is 11.3 Å². The van der Waals surface area contributed by atoms with Gasteiger partial charge in [-0.15, -0.1) is 11.3 Å². The monoisotopic (exact) mass is 550 g/mol. The molecule has 1 atom stereocenters. The van der Waals surface area contributed by atoms with Crippen LogP contribution >= 0.6 is 11.3 Å². The minimum atomic E-state index is -1.00. The number of carbonyl (C=O) groups excluding carboxylic acids is 3. The van der Waals surface area contributed by atoms with Crippen LogP contribution in [0.3, 0.4) is 0 Å². The standard InChI is InChI=1S/C27H27FN6O4S/c1-17(35)30-14-19-15-34(26(37)38-19)18-7-8-23(22(28)13-18)33-11-9-27(29-2,10-12-33)32-31-25(36)21-16-39-24-6-4-3-5-20(21)24/h3-8,13,16,19,32H,9-12,14-15H2,1H3,(H,30,35)(H,31,36)/t19-/m0/s1. The Bertz CT molecular complexity index is 1460. The van der Waals surface area contributed by atoms with Crippen molar-refractivity contribution in [1.82, 2.24) is 16.2 Å². The lowest BCUT2D eigenvalue weighted by Crippen LogP contribution is -2.57. The van der Waals surface area contributed by atoms with Gasteiger partial charge in [0.2, 0.25) is 5.91 Å². The maximum absolute atomic E-state index is 15.2. The lowest BCUT2D eigenvalue weighted by atomic mass is 9.97. The summed E-state index contributed by atoms with van der Waals surface area (Å²) in [5, 5.41) is 5.27. The molecule has 0 aliphatic carbocycles. The van der Waals surface area contributed by atoms with Crippen LogP contribution in [-0.4, -0.2) is 55.9 Å². The summed E-state index contributed by atoms with van der Waals surface area (Å²) in [7, 11) is 0. The molecule has 0 unspecified atom stereocenters. The van der Waals surface area contributed by atoms with E-state index >= 15 is 4.39 Å². The molecule has 2 aliphatic heterocycles. The molecule has 2 aromatic carbocycles. The first-order valence-electron chi connectivity index (χ1n) is 12.5. The summed E-state index contributed by atoms with van der Waals surface area (Å²) in [4.78, 5) is 43.2. The van der Waals surface area contributed by atoms with Crippen LogP contribution in [-0.2, 0) is 9.53 Å². The first-order valence-corrected chi connectivity index (χ1v) is 13.4. The highest BCUT2D eigenvalue weighted by atomic mass is 32.1. The Morgan fingerprint density at radius 3 is 2.72 bits per heavy atom. The van der Waals surface area contributed by atoms with Crippen molar-refractivity contribution in [2.75, 3.05) is 36.0 Å². The number of benzene rings is 2. The second kappa shape index (κ2) is 10.9. The van der Waals surface area contributed by atoms with E-state index in [-0.39, 0.29) is 24.9 Å². The van der Waals surface area contributed by atoms with Crippen LogP contribution < -0.4 is 26.0 Å². The third-order valence-corrected chi connectivity index (χ3v) is 7.94. The third-order valence-electron chi connectivity index (χ3n) is 6.98. The quantitative estimate of drug-likeness (QED) is 0.306. The number of ether oxygens (including phenoxy) is 1. The average Bonchev–Trinajstić information content (AvgIpc) is 3.54. The number of nitrogens with zero attached hydrogens (tertiary/aromatic N) is 3. The van der Waals surface area contributed by atoms with Gasteiger partial charge < -0.3 is 15.0 Å². The average molecular weight is 551 g/mol. The fourth-order valence-electron chi connectivity index (χ4n) is 4.79. The topological polar surface area (TPSA) is 107 Å². The lowest BCUT2D eigenvalue weighted by molar-refractivity contribution is -0.119. The van der Waals surface area contributed by atoms with E-state index < -0.39 is 23.7 Å². The molecule has 2 aliphatic rings. The smallest absolute Gasteiger partial charge is 0.414 e. The SMILES string of the molecule is [C-]#[N+]C1(NNC(=O)c2csc3ccccc23)CCN(c2ccc(N3C[C@H](CNC(C)=O)OC3=O)cc2F)CC1. The number of thiophene rings is 1. The van der Waals surface area contributed by atoms with Gasteiger partial charge in [-0.25, -0.2) is 15.8 Å². The molecule has 3 aromatic rings. The third kappa shape index (κ3) is 5.50. The van der Waals surface area contributed by atoms with Gasteiger partial charge in [0, 0.05) is 35.5 Å². The largest absolute Gasteiger partial charge is 0.442 e. The summed E-state index contributed by atoms with van der Waals surface area (Å²) in [6, 6.07) is 12.2. The Hall–Kier alpha value is -4.21. The van der Waals surface area contributed by atoms with Crippen LogP contribution in [0.2, 0.25) is 0 Å². The molecule has 2 saturated heterocycles. The van der Waals surface area contributed by atoms with E-state index in [2.05, 4.69) is 21.0 Å². The molecule has 3 amide bonds. The number of cyclic esters (lactones) is 1. The Kier molecular flexibility index (Phi) is 7.36. The molecule has 2 fully saturated rings. The van der Waals surface area contributed by atoms with Gasteiger partial charge in [0.15, 0.2) is 0 Å². The number of hydrogen-bond donors (Lipinski definition) is 3. The van der Waals surface area contributed by atoms with E-state index in [0.29, 0.717) is 42.9 Å². The molecular weight excluding hydrogens is 523 g/mol. The number of anilines is 2. The van der Waals surface area contributed by atoms with Crippen LogP contribution in [0.5, 0.6) is 0 Å². The highest BCUT2D eigenvalue weighted by Crippen LogP contribution is 2.32. The molecule has 0 spiro atoms. The van der Waals surface area contributed by atoms with Gasteiger partial charge in [-0.3, -0.25) is 24.8 Å². The summed E-state index contributed by atoms with van der Waals surface area (Å²) in [5.74, 6) is -1.02. The lowest BCUT2D eigenvalue weighted by Gasteiger charge is -2.35. The minimum absolute atomic E-state index is 0.188. The number of hydrogen-bond acceptors (Lipinski definition) is 7. The normalized spacial score (nSPS) is 18.5. The van der Waals surface area contributed by atoms with Crippen LogP contribution in [0.1, 0.15) is 30.1 Å². The van der Waals surface area contributed by atoms with Gasteiger partial charge >= 0.3 is 11.8 Å². The van der Waals surface area contributed by atoms with Gasteiger partial charge in [-0.1, -0.05) is 18.2 Å². The molecule has 0 radical (unpaired) electrons. The van der Waals surface area contributed by atoms with Crippen LogP contribution in [0, 0.1) is 12.4 Å². The summed E-state index contributed by atoms with van der Waals surface area (Å²) in [6.45, 7) is 10.3. The Balaban J connectivity index is 1.19. The maximum atomic E-state index is 15.2. The molecule has 0 saturated carbocycles. The number of carbonyl (C=O) groups is 3. The van der Waals surface area contributed by atoms with E-state index in [0.717, 1.165) is 10.1 Å². The molecule has 12 heteroatoms. The zero-order valence-corrected chi connectivity index (χ0v) is 22.0. The van der Waals surface area contributed by atoms with E-state index in [1.165, 1.54) is 29.2 Å². The molecule has 5 rings (SSSR count). The summed E-state index contributed by atoms with van der Waals surface area (Å²) < 4.78 is 21.4. The van der Waals surface area contributed by atoms with Crippen molar-refractivity contribution < 1.29 is 23.5 Å². The number of halogens is 1. The van der Waals surface area contributed by atoms with Crippen molar-refractivity contribution in [1.29, 1.82) is 0 Å². The number of hydrazine groups is 1. The minimum Gasteiger partial charge on any atom is -0.442 e. The number of fused-ring (bicyclic) bond motifs is 1. The molecule has 1 aromatic heterocycles. The summed E-state index contributed by atoms with van der Waals surface area (Å²) >= 11 is 1.49. The summed E-state index contributed by atoms with van der Waals surface area (Å²) in [5.41, 5.74) is 5.93. The molecule has 3 N–H and O–H groups in total. The molecule has 39 heavy (non-hydrogen) atoms. The Morgan fingerprint density at radius 2 is 2.00 bits per heavy atom. The molecular formula is C27H27FN6O4S. The Morgan fingerprint density at radius 1 is 1.23 bits per heavy atom. The van der Waals surface area contributed by atoms with Gasteiger partial charge in [-0.2, -0.15) is 5.43 Å². The highest BCUT2D eigenvalue weighted by Gasteiger charge is 2.42. The van der Waals surface area contributed by atoms with Crippen molar-refractivity contribution in [2.45, 2.75) is 31.5 Å². The number of nitrogens with one attached hydrogen (secondary N) is 3. The first kappa shape index (κ1) is 26.4.